The van der Waals surface area contributed by atoms with Crippen LogP contribution in [0.15, 0.2) is 42.6 Å². The fourth-order valence-electron chi connectivity index (χ4n) is 3.62. The summed E-state index contributed by atoms with van der Waals surface area (Å²) in [6.07, 6.45) is 3.65. The van der Waals surface area contributed by atoms with Crippen LogP contribution in [0.2, 0.25) is 5.02 Å². The number of unbranched alkanes of at least 4 members (excludes halogenated alkanes) is 1. The zero-order chi connectivity index (χ0) is 20.1. The molecule has 1 aliphatic rings. The minimum absolute atomic E-state index is 0.184. The number of nitrogens with zero attached hydrogens (tertiary/aromatic N) is 4. The van der Waals surface area contributed by atoms with Gasteiger partial charge in [-0.05, 0) is 43.7 Å². The Bertz CT molecular complexity index is 933. The second-order valence-electron chi connectivity index (χ2n) is 7.20. The third-order valence-corrected chi connectivity index (χ3v) is 5.54. The molecule has 7 nitrogen and oxygen atoms in total. The summed E-state index contributed by atoms with van der Waals surface area (Å²) in [6, 6.07) is 11.7. The number of halogens is 1. The maximum absolute atomic E-state index is 12.2. The number of H-pyrrole nitrogens is 1. The van der Waals surface area contributed by atoms with Gasteiger partial charge in [0.1, 0.15) is 0 Å². The van der Waals surface area contributed by atoms with Crippen molar-refractivity contribution in [2.45, 2.75) is 12.8 Å². The van der Waals surface area contributed by atoms with Crippen LogP contribution in [0.25, 0.3) is 11.2 Å². The number of amides is 1. The van der Waals surface area contributed by atoms with Crippen LogP contribution in [0.5, 0.6) is 0 Å². The Hall–Kier alpha value is -2.64. The van der Waals surface area contributed by atoms with Crippen molar-refractivity contribution in [3.05, 3.63) is 53.4 Å². The fraction of sp³-hybridized carbons (Fsp3) is 0.381. The van der Waals surface area contributed by atoms with E-state index in [2.05, 4.69) is 36.1 Å². The van der Waals surface area contributed by atoms with E-state index >= 15 is 0 Å². The zero-order valence-electron chi connectivity index (χ0n) is 16.3. The number of imidazole rings is 1. The number of hydrogen-bond donors (Lipinski definition) is 2. The summed E-state index contributed by atoms with van der Waals surface area (Å²) >= 11 is 6.31. The number of para-hydroxylation sites is 1. The van der Waals surface area contributed by atoms with Crippen molar-refractivity contribution in [3.8, 4) is 0 Å². The number of rotatable bonds is 7. The van der Waals surface area contributed by atoms with E-state index in [4.69, 9.17) is 11.6 Å². The van der Waals surface area contributed by atoms with E-state index in [0.717, 1.165) is 61.8 Å². The lowest BCUT2D eigenvalue weighted by Gasteiger charge is -2.36. The van der Waals surface area contributed by atoms with Gasteiger partial charge in [-0.15, -0.1) is 0 Å². The van der Waals surface area contributed by atoms with E-state index in [-0.39, 0.29) is 5.91 Å². The lowest BCUT2D eigenvalue weighted by atomic mass is 10.2. The number of anilines is 1. The monoisotopic (exact) mass is 412 g/mol. The number of nitrogens with one attached hydrogen (secondary N) is 2. The Balaban J connectivity index is 1.14. The first kappa shape index (κ1) is 19.7. The molecule has 0 aliphatic carbocycles. The van der Waals surface area contributed by atoms with E-state index in [0.29, 0.717) is 18.0 Å². The van der Waals surface area contributed by atoms with E-state index < -0.39 is 0 Å². The summed E-state index contributed by atoms with van der Waals surface area (Å²) < 4.78 is 0. The molecule has 0 radical (unpaired) electrons. The first-order chi connectivity index (χ1) is 14.2. The molecule has 0 saturated carbocycles. The summed E-state index contributed by atoms with van der Waals surface area (Å²) in [5.74, 6) is 0.130. The molecular weight excluding hydrogens is 388 g/mol. The van der Waals surface area contributed by atoms with Crippen LogP contribution in [-0.4, -0.2) is 65.0 Å². The highest BCUT2D eigenvalue weighted by Crippen LogP contribution is 2.26. The second kappa shape index (κ2) is 9.24. The molecule has 0 spiro atoms. The van der Waals surface area contributed by atoms with E-state index in [1.54, 1.807) is 6.20 Å². The Morgan fingerprint density at radius 1 is 1.10 bits per heavy atom. The van der Waals surface area contributed by atoms with Gasteiger partial charge in [0.05, 0.1) is 16.2 Å². The number of piperazine rings is 1. The van der Waals surface area contributed by atoms with Crippen LogP contribution in [0.3, 0.4) is 0 Å². The van der Waals surface area contributed by atoms with Gasteiger partial charge in [0.2, 0.25) is 0 Å². The van der Waals surface area contributed by atoms with E-state index in [1.165, 1.54) is 0 Å². The summed E-state index contributed by atoms with van der Waals surface area (Å²) in [5.41, 5.74) is 2.46. The molecule has 0 atom stereocenters. The topological polar surface area (TPSA) is 77.2 Å². The van der Waals surface area contributed by atoms with Crippen molar-refractivity contribution in [1.82, 2.24) is 25.2 Å². The van der Waals surface area contributed by atoms with Crippen molar-refractivity contribution >= 4 is 34.4 Å². The molecule has 1 saturated heterocycles. The van der Waals surface area contributed by atoms with Crippen LogP contribution in [0.4, 0.5) is 5.69 Å². The SMILES string of the molecule is O=C(NCCCCN1CCN(c2ccccc2Cl)CC1)c1nc2ncccc2[nH]1. The number of carbonyl (C=O) groups is 1. The molecule has 2 N–H and O–H groups in total. The van der Waals surface area contributed by atoms with Gasteiger partial charge in [-0.25, -0.2) is 9.97 Å². The lowest BCUT2D eigenvalue weighted by Crippen LogP contribution is -2.46. The third kappa shape index (κ3) is 4.86. The molecular formula is C21H25ClN6O. The highest BCUT2D eigenvalue weighted by molar-refractivity contribution is 6.33. The van der Waals surface area contributed by atoms with Crippen LogP contribution < -0.4 is 10.2 Å². The standard InChI is InChI=1S/C21H25ClN6O/c22-16-6-1-2-8-18(16)28-14-12-27(13-15-28)11-4-3-9-24-21(29)20-25-17-7-5-10-23-19(17)26-20/h1-2,5-8,10H,3-4,9,11-15H2,(H,24,29)(H,23,25,26). The van der Waals surface area contributed by atoms with Crippen LogP contribution >= 0.6 is 11.6 Å². The second-order valence-corrected chi connectivity index (χ2v) is 7.61. The lowest BCUT2D eigenvalue weighted by molar-refractivity contribution is 0.0943. The molecule has 1 fully saturated rings. The maximum Gasteiger partial charge on any atom is 0.287 e. The Morgan fingerprint density at radius 2 is 1.93 bits per heavy atom. The molecule has 3 heterocycles. The molecule has 0 bridgehead atoms. The molecule has 1 aromatic carbocycles. The first-order valence-corrected chi connectivity index (χ1v) is 10.4. The van der Waals surface area contributed by atoms with Gasteiger partial charge in [0.15, 0.2) is 11.5 Å². The molecule has 29 heavy (non-hydrogen) atoms. The molecule has 0 unspecified atom stereocenters. The number of fused-ring (bicyclic) bond motifs is 1. The highest BCUT2D eigenvalue weighted by Gasteiger charge is 2.18. The summed E-state index contributed by atoms with van der Waals surface area (Å²) in [5, 5.41) is 3.75. The minimum Gasteiger partial charge on any atom is -0.368 e. The quantitative estimate of drug-likeness (QED) is 0.583. The van der Waals surface area contributed by atoms with Gasteiger partial charge in [-0.3, -0.25) is 9.69 Å². The predicted octanol–water partition coefficient (Wildman–Crippen LogP) is 2.94. The Morgan fingerprint density at radius 3 is 2.72 bits per heavy atom. The normalized spacial score (nSPS) is 15.0. The van der Waals surface area contributed by atoms with E-state index in [9.17, 15) is 4.79 Å². The van der Waals surface area contributed by atoms with E-state index in [1.807, 2.05) is 30.3 Å². The maximum atomic E-state index is 12.2. The van der Waals surface area contributed by atoms with Crippen molar-refractivity contribution in [2.75, 3.05) is 44.2 Å². The molecule has 3 aromatic rings. The number of aromatic nitrogens is 3. The van der Waals surface area contributed by atoms with Crippen molar-refractivity contribution in [2.24, 2.45) is 0 Å². The van der Waals surface area contributed by atoms with Gasteiger partial charge >= 0.3 is 0 Å². The molecule has 152 valence electrons. The van der Waals surface area contributed by atoms with Crippen LogP contribution in [-0.2, 0) is 0 Å². The number of carbonyl (C=O) groups excluding carboxylic acids is 1. The van der Waals surface area contributed by atoms with Gasteiger partial charge in [0.25, 0.3) is 5.91 Å². The molecule has 1 aliphatic heterocycles. The molecule has 4 rings (SSSR count). The highest BCUT2D eigenvalue weighted by atomic mass is 35.5. The number of pyridine rings is 1. The summed E-state index contributed by atoms with van der Waals surface area (Å²) in [4.78, 5) is 28.4. The smallest absolute Gasteiger partial charge is 0.287 e. The summed E-state index contributed by atoms with van der Waals surface area (Å²) in [6.45, 7) is 5.72. The number of aromatic amines is 1. The largest absolute Gasteiger partial charge is 0.368 e. The predicted molar refractivity (Wildman–Crippen MR) is 116 cm³/mol. The third-order valence-electron chi connectivity index (χ3n) is 5.22. The molecule has 2 aromatic heterocycles. The zero-order valence-corrected chi connectivity index (χ0v) is 17.0. The van der Waals surface area contributed by atoms with Crippen molar-refractivity contribution in [3.63, 3.8) is 0 Å². The number of benzene rings is 1. The van der Waals surface area contributed by atoms with Crippen LogP contribution in [0, 0.1) is 0 Å². The van der Waals surface area contributed by atoms with Gasteiger partial charge < -0.3 is 15.2 Å². The van der Waals surface area contributed by atoms with Gasteiger partial charge in [0, 0.05) is 38.9 Å². The minimum atomic E-state index is -0.184. The first-order valence-electron chi connectivity index (χ1n) is 10.0. The molecule has 8 heteroatoms. The average Bonchev–Trinajstić information content (AvgIpc) is 3.19. The summed E-state index contributed by atoms with van der Waals surface area (Å²) in [7, 11) is 0. The van der Waals surface area contributed by atoms with Gasteiger partial charge in [-0.1, -0.05) is 23.7 Å². The fourth-order valence-corrected chi connectivity index (χ4v) is 3.87. The van der Waals surface area contributed by atoms with Crippen LogP contribution in [0.1, 0.15) is 23.5 Å². The van der Waals surface area contributed by atoms with Crippen molar-refractivity contribution in [1.29, 1.82) is 0 Å². The average molecular weight is 413 g/mol. The molecule has 1 amide bonds. The van der Waals surface area contributed by atoms with Gasteiger partial charge in [-0.2, -0.15) is 0 Å². The Kier molecular flexibility index (Phi) is 6.27. The number of hydrogen-bond acceptors (Lipinski definition) is 5. The Labute approximate surface area is 175 Å². The van der Waals surface area contributed by atoms with Crippen molar-refractivity contribution < 1.29 is 4.79 Å².